The minimum Gasteiger partial charge on any atom is -0.388 e. The second-order valence-corrected chi connectivity index (χ2v) is 6.03. The number of amides is 1. The maximum Gasteiger partial charge on any atom is 0.268 e. The summed E-state index contributed by atoms with van der Waals surface area (Å²) in [5.74, 6) is -0.728. The van der Waals surface area contributed by atoms with Gasteiger partial charge in [-0.15, -0.1) is 0 Å². The highest BCUT2D eigenvalue weighted by atomic mass is 19.1. The molecule has 0 radical (unpaired) electrons. The zero-order valence-electron chi connectivity index (χ0n) is 12.5. The van der Waals surface area contributed by atoms with E-state index >= 15 is 0 Å². The number of aromatic amines is 1. The molecule has 1 aromatic carbocycles. The molecule has 2 saturated heterocycles. The molecule has 1 amide bonds. The maximum absolute atomic E-state index is 13.8. The van der Waals surface area contributed by atoms with Gasteiger partial charge in [0.05, 0.1) is 24.8 Å². The first-order valence-electron chi connectivity index (χ1n) is 7.55. The number of para-hydroxylation sites is 1. The van der Waals surface area contributed by atoms with Gasteiger partial charge in [-0.1, -0.05) is 12.1 Å². The van der Waals surface area contributed by atoms with Gasteiger partial charge >= 0.3 is 0 Å². The van der Waals surface area contributed by atoms with E-state index in [2.05, 4.69) is 10.3 Å². The Bertz CT molecular complexity index is 775. The topological polar surface area (TPSA) is 83.6 Å². The van der Waals surface area contributed by atoms with E-state index in [0.717, 1.165) is 0 Å². The van der Waals surface area contributed by atoms with E-state index in [1.54, 1.807) is 19.1 Å². The highest BCUT2D eigenvalue weighted by molar-refractivity contribution is 6.01. The molecule has 3 N–H and O–H groups in total. The number of rotatable bonds is 2. The van der Waals surface area contributed by atoms with Crippen molar-refractivity contribution < 1.29 is 23.8 Å². The van der Waals surface area contributed by atoms with Gasteiger partial charge in [-0.05, 0) is 18.6 Å². The number of H-pyrrole nitrogens is 1. The Labute approximate surface area is 131 Å². The number of aromatic nitrogens is 1. The number of carbonyl (C=O) groups is 1. The van der Waals surface area contributed by atoms with E-state index in [1.807, 2.05) is 0 Å². The number of fused-ring (bicyclic) bond motifs is 2. The van der Waals surface area contributed by atoms with Crippen LogP contribution in [0.25, 0.3) is 10.9 Å². The molecule has 3 heterocycles. The summed E-state index contributed by atoms with van der Waals surface area (Å²) in [6.07, 6.45) is -1.41. The zero-order chi connectivity index (χ0) is 16.1. The van der Waals surface area contributed by atoms with Crippen molar-refractivity contribution in [3.63, 3.8) is 0 Å². The summed E-state index contributed by atoms with van der Waals surface area (Å²) in [6, 6.07) is 4.40. The summed E-state index contributed by atoms with van der Waals surface area (Å²) >= 11 is 0. The molecule has 0 unspecified atom stereocenters. The van der Waals surface area contributed by atoms with Crippen molar-refractivity contribution in [2.45, 2.75) is 31.3 Å². The van der Waals surface area contributed by atoms with Crippen molar-refractivity contribution in [3.8, 4) is 0 Å². The standard InChI is InChI=1S/C16H17FN2O4/c1-7-8-3-2-4-9(17)13(8)19-12(7)16(21)18-10-5-22-15-11(20)6-23-14(10)15/h2-4,10-11,14-15,19-20H,5-6H2,1H3,(H,18,21)/t10-,11-,14-,15-/m1/s1. The van der Waals surface area contributed by atoms with Crippen LogP contribution >= 0.6 is 0 Å². The van der Waals surface area contributed by atoms with Crippen molar-refractivity contribution >= 4 is 16.8 Å². The van der Waals surface area contributed by atoms with Gasteiger partial charge in [-0.3, -0.25) is 4.79 Å². The lowest BCUT2D eigenvalue weighted by Crippen LogP contribution is -2.44. The average Bonchev–Trinajstić information content (AvgIpc) is 3.18. The highest BCUT2D eigenvalue weighted by Gasteiger charge is 2.47. The Kier molecular flexibility index (Phi) is 3.37. The molecule has 7 heteroatoms. The number of aliphatic hydroxyl groups excluding tert-OH is 1. The Balaban J connectivity index is 1.58. The number of aryl methyl sites for hydroxylation is 1. The van der Waals surface area contributed by atoms with Crippen molar-refractivity contribution in [1.82, 2.24) is 10.3 Å². The molecule has 23 heavy (non-hydrogen) atoms. The van der Waals surface area contributed by atoms with Gasteiger partial charge < -0.3 is 24.9 Å². The largest absolute Gasteiger partial charge is 0.388 e. The number of hydrogen-bond donors (Lipinski definition) is 3. The fourth-order valence-corrected chi connectivity index (χ4v) is 3.39. The van der Waals surface area contributed by atoms with Gasteiger partial charge in [-0.2, -0.15) is 0 Å². The average molecular weight is 320 g/mol. The lowest BCUT2D eigenvalue weighted by Gasteiger charge is -2.17. The second kappa shape index (κ2) is 5.30. The Morgan fingerprint density at radius 1 is 1.35 bits per heavy atom. The number of aliphatic hydroxyl groups is 1. The molecule has 122 valence electrons. The molecular weight excluding hydrogens is 303 g/mol. The molecule has 2 fully saturated rings. The molecule has 0 saturated carbocycles. The summed E-state index contributed by atoms with van der Waals surface area (Å²) in [7, 11) is 0. The van der Waals surface area contributed by atoms with E-state index in [4.69, 9.17) is 9.47 Å². The first kappa shape index (κ1) is 14.6. The van der Waals surface area contributed by atoms with Crippen molar-refractivity contribution in [1.29, 1.82) is 0 Å². The molecular formula is C16H17FN2O4. The molecule has 4 rings (SSSR count). The van der Waals surface area contributed by atoms with Crippen LogP contribution in [-0.2, 0) is 9.47 Å². The van der Waals surface area contributed by atoms with Crippen LogP contribution in [0.4, 0.5) is 4.39 Å². The predicted molar refractivity (Wildman–Crippen MR) is 79.7 cm³/mol. The molecule has 6 nitrogen and oxygen atoms in total. The predicted octanol–water partition coefficient (Wildman–Crippen LogP) is 0.872. The van der Waals surface area contributed by atoms with E-state index in [9.17, 15) is 14.3 Å². The molecule has 2 aliphatic rings. The molecule has 1 aromatic heterocycles. The Hall–Kier alpha value is -1.96. The fourth-order valence-electron chi connectivity index (χ4n) is 3.39. The second-order valence-electron chi connectivity index (χ2n) is 6.03. The quantitative estimate of drug-likeness (QED) is 0.767. The highest BCUT2D eigenvalue weighted by Crippen LogP contribution is 2.28. The van der Waals surface area contributed by atoms with Gasteiger partial charge in [0.2, 0.25) is 0 Å². The SMILES string of the molecule is Cc1c(C(=O)N[C@@H]2CO[C@H]3[C@@H]2OC[C@H]3O)[nH]c2c(F)cccc12. The third-order valence-electron chi connectivity index (χ3n) is 4.61. The van der Waals surface area contributed by atoms with Gasteiger partial charge in [0.25, 0.3) is 5.91 Å². The van der Waals surface area contributed by atoms with Crippen LogP contribution in [0.2, 0.25) is 0 Å². The lowest BCUT2D eigenvalue weighted by atomic mass is 10.1. The molecule has 2 aromatic rings. The summed E-state index contributed by atoms with van der Waals surface area (Å²) in [5.41, 5.74) is 1.34. The van der Waals surface area contributed by atoms with E-state index < -0.39 is 18.0 Å². The first-order valence-corrected chi connectivity index (χ1v) is 7.55. The summed E-state index contributed by atoms with van der Waals surface area (Å²) in [4.78, 5) is 15.4. The van der Waals surface area contributed by atoms with Gasteiger partial charge in [0, 0.05) is 5.39 Å². The molecule has 2 aliphatic heterocycles. The van der Waals surface area contributed by atoms with Gasteiger partial charge in [0.15, 0.2) is 0 Å². The molecule has 4 atom stereocenters. The third kappa shape index (κ3) is 2.23. The lowest BCUT2D eigenvalue weighted by molar-refractivity contribution is 0.0178. The fraction of sp³-hybridized carbons (Fsp3) is 0.438. The molecule has 0 spiro atoms. The Morgan fingerprint density at radius 3 is 2.91 bits per heavy atom. The summed E-state index contributed by atoms with van der Waals surface area (Å²) in [5, 5.41) is 13.3. The molecule has 0 aliphatic carbocycles. The van der Waals surface area contributed by atoms with Crippen LogP contribution in [0.3, 0.4) is 0 Å². The van der Waals surface area contributed by atoms with Gasteiger partial charge in [-0.25, -0.2) is 4.39 Å². The Morgan fingerprint density at radius 2 is 2.13 bits per heavy atom. The number of hydrogen-bond acceptors (Lipinski definition) is 4. The van der Waals surface area contributed by atoms with Crippen LogP contribution < -0.4 is 5.32 Å². The number of halogens is 1. The van der Waals surface area contributed by atoms with Crippen LogP contribution in [-0.4, -0.2) is 53.6 Å². The zero-order valence-corrected chi connectivity index (χ0v) is 12.5. The van der Waals surface area contributed by atoms with Crippen LogP contribution in [0.5, 0.6) is 0 Å². The van der Waals surface area contributed by atoms with Gasteiger partial charge in [0.1, 0.15) is 29.8 Å². The van der Waals surface area contributed by atoms with E-state index in [-0.39, 0.29) is 31.3 Å². The van der Waals surface area contributed by atoms with Crippen molar-refractivity contribution in [3.05, 3.63) is 35.3 Å². The van der Waals surface area contributed by atoms with Crippen molar-refractivity contribution in [2.75, 3.05) is 13.2 Å². The third-order valence-corrected chi connectivity index (χ3v) is 4.61. The number of benzene rings is 1. The number of ether oxygens (including phenoxy) is 2. The first-order chi connectivity index (χ1) is 11.1. The smallest absolute Gasteiger partial charge is 0.268 e. The monoisotopic (exact) mass is 320 g/mol. The van der Waals surface area contributed by atoms with Crippen molar-refractivity contribution in [2.24, 2.45) is 0 Å². The normalized spacial score (nSPS) is 29.9. The molecule has 0 bridgehead atoms. The van der Waals surface area contributed by atoms with Crippen LogP contribution in [0.15, 0.2) is 18.2 Å². The minimum absolute atomic E-state index is 0.207. The number of carbonyl (C=O) groups excluding carboxylic acids is 1. The van der Waals surface area contributed by atoms with E-state index in [1.165, 1.54) is 6.07 Å². The summed E-state index contributed by atoms with van der Waals surface area (Å²) < 4.78 is 24.8. The van der Waals surface area contributed by atoms with Crippen LogP contribution in [0, 0.1) is 12.7 Å². The number of nitrogens with one attached hydrogen (secondary N) is 2. The van der Waals surface area contributed by atoms with Crippen LogP contribution in [0.1, 0.15) is 16.1 Å². The van der Waals surface area contributed by atoms with E-state index in [0.29, 0.717) is 22.2 Å². The minimum atomic E-state index is -0.661. The maximum atomic E-state index is 13.8. The summed E-state index contributed by atoms with van der Waals surface area (Å²) in [6.45, 7) is 2.26.